The van der Waals surface area contributed by atoms with E-state index in [9.17, 15) is 9.59 Å². The number of aliphatic carboxylic acids is 1. The number of carbonyl (C=O) groups excluding carboxylic acids is 1. The Morgan fingerprint density at radius 3 is 2.92 bits per heavy atom. The van der Waals surface area contributed by atoms with Gasteiger partial charge < -0.3 is 5.11 Å². The highest BCUT2D eigenvalue weighted by molar-refractivity contribution is 6.17. The van der Waals surface area contributed by atoms with E-state index < -0.39 is 5.97 Å². The molecule has 0 amide bonds. The van der Waals surface area contributed by atoms with Gasteiger partial charge in [0.05, 0.1) is 0 Å². The lowest BCUT2D eigenvalue weighted by atomic mass is 10.0. The second kappa shape index (κ2) is 3.34. The predicted octanol–water partition coefficient (Wildman–Crippen LogP) is 1.16. The number of carbonyl (C=O) groups is 2. The van der Waals surface area contributed by atoms with Crippen molar-refractivity contribution in [1.29, 1.82) is 0 Å². The molecule has 1 aliphatic carbocycles. The molecular formula is C9H10O3. The van der Waals surface area contributed by atoms with Crippen molar-refractivity contribution < 1.29 is 14.7 Å². The van der Waals surface area contributed by atoms with E-state index in [0.29, 0.717) is 0 Å². The zero-order valence-corrected chi connectivity index (χ0v) is 6.78. The van der Waals surface area contributed by atoms with Crippen LogP contribution in [0, 0.1) is 5.92 Å². The fourth-order valence-electron chi connectivity index (χ4n) is 1.10. The molecule has 1 atom stereocenters. The van der Waals surface area contributed by atoms with Crippen LogP contribution in [0.4, 0.5) is 0 Å². The second-order valence-electron chi connectivity index (χ2n) is 2.87. The Hall–Kier alpha value is -1.38. The van der Waals surface area contributed by atoms with Crippen molar-refractivity contribution in [2.45, 2.75) is 13.3 Å². The van der Waals surface area contributed by atoms with Gasteiger partial charge in [0.25, 0.3) is 0 Å². The molecule has 0 aromatic carbocycles. The van der Waals surface area contributed by atoms with E-state index in [2.05, 4.69) is 0 Å². The molecule has 0 spiro atoms. The number of ketones is 1. The van der Waals surface area contributed by atoms with E-state index >= 15 is 0 Å². The van der Waals surface area contributed by atoms with Gasteiger partial charge in [-0.2, -0.15) is 0 Å². The lowest BCUT2D eigenvalue weighted by Crippen LogP contribution is -2.12. The minimum Gasteiger partial charge on any atom is -0.478 e. The van der Waals surface area contributed by atoms with Gasteiger partial charge in [-0.25, -0.2) is 4.79 Å². The van der Waals surface area contributed by atoms with Crippen LogP contribution in [0.2, 0.25) is 0 Å². The standard InChI is InChI=1S/C9H10O3/c1-6-3-2-4-7(9(11)12)8(10)5-6/h2-4,6H,5H2,1H3,(H,11,12). The Morgan fingerprint density at radius 2 is 2.33 bits per heavy atom. The Kier molecular flexibility index (Phi) is 2.43. The third kappa shape index (κ3) is 1.81. The quantitative estimate of drug-likeness (QED) is 0.595. The fraction of sp³-hybridized carbons (Fsp3) is 0.333. The van der Waals surface area contributed by atoms with Crippen LogP contribution >= 0.6 is 0 Å². The summed E-state index contributed by atoms with van der Waals surface area (Å²) < 4.78 is 0. The normalized spacial score (nSPS) is 23.2. The van der Waals surface area contributed by atoms with E-state index in [1.54, 1.807) is 6.08 Å². The Morgan fingerprint density at radius 1 is 1.67 bits per heavy atom. The van der Waals surface area contributed by atoms with Crippen LogP contribution in [-0.2, 0) is 9.59 Å². The van der Waals surface area contributed by atoms with Crippen LogP contribution in [0.15, 0.2) is 23.8 Å². The maximum Gasteiger partial charge on any atom is 0.339 e. The molecule has 0 aromatic heterocycles. The smallest absolute Gasteiger partial charge is 0.339 e. The first-order chi connectivity index (χ1) is 5.61. The Labute approximate surface area is 70.4 Å². The third-order valence-corrected chi connectivity index (χ3v) is 1.74. The van der Waals surface area contributed by atoms with Gasteiger partial charge in [0, 0.05) is 6.42 Å². The van der Waals surface area contributed by atoms with Crippen LogP contribution in [0.25, 0.3) is 0 Å². The lowest BCUT2D eigenvalue weighted by molar-refractivity contribution is -0.134. The SMILES string of the molecule is CC1C=CC=C(C(=O)O)C(=O)C1. The van der Waals surface area contributed by atoms with E-state index in [-0.39, 0.29) is 23.7 Å². The van der Waals surface area contributed by atoms with E-state index in [0.717, 1.165) is 0 Å². The summed E-state index contributed by atoms with van der Waals surface area (Å²) in [7, 11) is 0. The van der Waals surface area contributed by atoms with Gasteiger partial charge in [0.1, 0.15) is 5.57 Å². The van der Waals surface area contributed by atoms with Crippen LogP contribution in [0.1, 0.15) is 13.3 Å². The highest BCUT2D eigenvalue weighted by atomic mass is 16.4. The minimum absolute atomic E-state index is 0.115. The number of hydrogen-bond donors (Lipinski definition) is 1. The molecule has 0 saturated heterocycles. The van der Waals surface area contributed by atoms with E-state index in [4.69, 9.17) is 5.11 Å². The number of carboxylic acid groups (broad SMARTS) is 1. The number of rotatable bonds is 1. The highest BCUT2D eigenvalue weighted by Gasteiger charge is 2.19. The minimum atomic E-state index is -1.14. The van der Waals surface area contributed by atoms with Gasteiger partial charge in [-0.1, -0.05) is 19.1 Å². The van der Waals surface area contributed by atoms with Crippen molar-refractivity contribution in [2.75, 3.05) is 0 Å². The maximum absolute atomic E-state index is 11.2. The fourth-order valence-corrected chi connectivity index (χ4v) is 1.10. The molecule has 64 valence electrons. The molecule has 0 aliphatic heterocycles. The van der Waals surface area contributed by atoms with E-state index in [1.807, 2.05) is 13.0 Å². The van der Waals surface area contributed by atoms with Gasteiger partial charge in [0.2, 0.25) is 0 Å². The first kappa shape index (κ1) is 8.71. The molecule has 1 aliphatic rings. The molecule has 3 nitrogen and oxygen atoms in total. The van der Waals surface area contributed by atoms with Gasteiger partial charge in [0.15, 0.2) is 5.78 Å². The molecule has 12 heavy (non-hydrogen) atoms. The molecule has 1 rings (SSSR count). The molecular weight excluding hydrogens is 156 g/mol. The summed E-state index contributed by atoms with van der Waals surface area (Å²) >= 11 is 0. The molecule has 3 heteroatoms. The first-order valence-corrected chi connectivity index (χ1v) is 3.76. The van der Waals surface area contributed by atoms with Crippen molar-refractivity contribution in [2.24, 2.45) is 5.92 Å². The number of allylic oxidation sites excluding steroid dienone is 3. The van der Waals surface area contributed by atoms with Gasteiger partial charge >= 0.3 is 5.97 Å². The third-order valence-electron chi connectivity index (χ3n) is 1.74. The summed E-state index contributed by atoms with van der Waals surface area (Å²) in [5.74, 6) is -1.30. The van der Waals surface area contributed by atoms with Crippen molar-refractivity contribution in [3.05, 3.63) is 23.8 Å². The van der Waals surface area contributed by atoms with E-state index in [1.165, 1.54) is 6.08 Å². The molecule has 0 fully saturated rings. The van der Waals surface area contributed by atoms with Crippen LogP contribution in [0.3, 0.4) is 0 Å². The Balaban J connectivity index is 2.89. The molecule has 0 bridgehead atoms. The predicted molar refractivity (Wildman–Crippen MR) is 43.6 cm³/mol. The van der Waals surface area contributed by atoms with Gasteiger partial charge in [-0.3, -0.25) is 4.79 Å². The number of carboxylic acids is 1. The van der Waals surface area contributed by atoms with Crippen molar-refractivity contribution >= 4 is 11.8 Å². The zero-order chi connectivity index (χ0) is 9.14. The summed E-state index contributed by atoms with van der Waals surface area (Å²) in [6.07, 6.45) is 5.09. The van der Waals surface area contributed by atoms with Crippen molar-refractivity contribution in [3.8, 4) is 0 Å². The summed E-state index contributed by atoms with van der Waals surface area (Å²) in [5.41, 5.74) is -0.115. The molecule has 1 N–H and O–H groups in total. The molecule has 1 unspecified atom stereocenters. The topological polar surface area (TPSA) is 54.4 Å². The Bertz CT molecular complexity index is 273. The van der Waals surface area contributed by atoms with Crippen LogP contribution < -0.4 is 0 Å². The summed E-state index contributed by atoms with van der Waals surface area (Å²) in [6, 6.07) is 0. The second-order valence-corrected chi connectivity index (χ2v) is 2.87. The maximum atomic E-state index is 11.2. The summed E-state index contributed by atoms with van der Waals surface area (Å²) in [5, 5.41) is 8.60. The van der Waals surface area contributed by atoms with Crippen molar-refractivity contribution in [3.63, 3.8) is 0 Å². The molecule has 0 aromatic rings. The van der Waals surface area contributed by atoms with Crippen LogP contribution in [0.5, 0.6) is 0 Å². The first-order valence-electron chi connectivity index (χ1n) is 3.76. The summed E-state index contributed by atoms with van der Waals surface area (Å²) in [4.78, 5) is 21.7. The average Bonchev–Trinajstić information content (AvgIpc) is 2.10. The van der Waals surface area contributed by atoms with Crippen LogP contribution in [-0.4, -0.2) is 16.9 Å². The number of Topliss-reactive ketones (excluding diaryl/α,β-unsaturated/α-hetero) is 1. The molecule has 0 radical (unpaired) electrons. The van der Waals surface area contributed by atoms with Gasteiger partial charge in [-0.15, -0.1) is 0 Å². The lowest BCUT2D eigenvalue weighted by Gasteiger charge is -2.01. The molecule has 0 saturated carbocycles. The number of hydrogen-bond acceptors (Lipinski definition) is 2. The largest absolute Gasteiger partial charge is 0.478 e. The highest BCUT2D eigenvalue weighted by Crippen LogP contribution is 2.14. The van der Waals surface area contributed by atoms with Crippen molar-refractivity contribution in [1.82, 2.24) is 0 Å². The van der Waals surface area contributed by atoms with Gasteiger partial charge in [-0.05, 0) is 12.0 Å². The zero-order valence-electron chi connectivity index (χ0n) is 6.78. The monoisotopic (exact) mass is 166 g/mol. The average molecular weight is 166 g/mol. The molecule has 0 heterocycles. The summed E-state index contributed by atoms with van der Waals surface area (Å²) in [6.45, 7) is 1.88.